The van der Waals surface area contributed by atoms with E-state index in [1.165, 1.54) is 19.2 Å². The second-order valence-corrected chi connectivity index (χ2v) is 10.1. The summed E-state index contributed by atoms with van der Waals surface area (Å²) < 4.78 is 38.3. The van der Waals surface area contributed by atoms with Crippen molar-refractivity contribution in [3.63, 3.8) is 0 Å². The molecule has 0 spiro atoms. The molecule has 32 heavy (non-hydrogen) atoms. The standard InChI is InChI=1S/C24H26ClNO5S/c1-14(2)31-24(27)21-15(3)26-16(4)23(22(21)19-8-6-7-9-20(19)25)32(28,29)18-12-10-17(30-5)11-13-18/h6-14,22,26H,1-5H3. The van der Waals surface area contributed by atoms with Crippen LogP contribution in [0.3, 0.4) is 0 Å². The number of esters is 1. The van der Waals surface area contributed by atoms with E-state index in [0.29, 0.717) is 27.7 Å². The Hall–Kier alpha value is -2.77. The summed E-state index contributed by atoms with van der Waals surface area (Å²) in [4.78, 5) is 13.3. The molecule has 8 heteroatoms. The maximum Gasteiger partial charge on any atom is 0.337 e. The first kappa shape index (κ1) is 23.9. The van der Waals surface area contributed by atoms with Crippen LogP contribution in [0, 0.1) is 0 Å². The quantitative estimate of drug-likeness (QED) is 0.594. The molecule has 170 valence electrons. The number of nitrogens with one attached hydrogen (secondary N) is 1. The van der Waals surface area contributed by atoms with E-state index in [1.807, 2.05) is 0 Å². The Labute approximate surface area is 193 Å². The van der Waals surface area contributed by atoms with Crippen molar-refractivity contribution in [2.45, 2.75) is 44.6 Å². The fourth-order valence-corrected chi connectivity index (χ4v) is 5.77. The van der Waals surface area contributed by atoms with Gasteiger partial charge in [0.05, 0.1) is 34.5 Å². The predicted octanol–water partition coefficient (Wildman–Crippen LogP) is 4.97. The van der Waals surface area contributed by atoms with E-state index in [2.05, 4.69) is 5.32 Å². The van der Waals surface area contributed by atoms with Crippen LogP contribution in [0.25, 0.3) is 0 Å². The van der Waals surface area contributed by atoms with Crippen molar-refractivity contribution >= 4 is 27.4 Å². The zero-order valence-electron chi connectivity index (χ0n) is 18.6. The molecule has 1 N–H and O–H groups in total. The number of carbonyl (C=O) groups is 1. The van der Waals surface area contributed by atoms with Crippen LogP contribution < -0.4 is 10.1 Å². The van der Waals surface area contributed by atoms with Gasteiger partial charge in [-0.15, -0.1) is 0 Å². The molecular weight excluding hydrogens is 450 g/mol. The lowest BCUT2D eigenvalue weighted by Gasteiger charge is -2.32. The first-order valence-electron chi connectivity index (χ1n) is 10.1. The Kier molecular flexibility index (Phi) is 7.00. The summed E-state index contributed by atoms with van der Waals surface area (Å²) in [6, 6.07) is 13.0. The highest BCUT2D eigenvalue weighted by molar-refractivity contribution is 7.95. The van der Waals surface area contributed by atoms with Crippen LogP contribution in [-0.2, 0) is 19.4 Å². The molecule has 1 heterocycles. The molecular formula is C24H26ClNO5S. The van der Waals surface area contributed by atoms with Crippen LogP contribution in [-0.4, -0.2) is 27.6 Å². The number of rotatable bonds is 6. The van der Waals surface area contributed by atoms with Crippen LogP contribution in [0.2, 0.25) is 5.02 Å². The van der Waals surface area contributed by atoms with E-state index in [9.17, 15) is 13.2 Å². The van der Waals surface area contributed by atoms with Crippen LogP contribution >= 0.6 is 11.6 Å². The van der Waals surface area contributed by atoms with Gasteiger partial charge in [-0.25, -0.2) is 13.2 Å². The van der Waals surface area contributed by atoms with Gasteiger partial charge in [0.15, 0.2) is 0 Å². The predicted molar refractivity (Wildman–Crippen MR) is 124 cm³/mol. The summed E-state index contributed by atoms with van der Waals surface area (Å²) in [5.41, 5.74) is 1.66. The molecule has 0 fully saturated rings. The molecule has 0 radical (unpaired) electrons. The van der Waals surface area contributed by atoms with Gasteiger partial charge in [0, 0.05) is 16.4 Å². The SMILES string of the molecule is COc1ccc(S(=O)(=O)C2=C(C)NC(C)=C(C(=O)OC(C)C)C2c2ccccc2Cl)cc1. The lowest BCUT2D eigenvalue weighted by molar-refractivity contribution is -0.143. The van der Waals surface area contributed by atoms with Gasteiger partial charge in [0.1, 0.15) is 5.75 Å². The lowest BCUT2D eigenvalue weighted by Crippen LogP contribution is -2.32. The molecule has 0 amide bonds. The molecule has 1 aliphatic heterocycles. The number of hydrogen-bond donors (Lipinski definition) is 1. The number of sulfone groups is 1. The van der Waals surface area contributed by atoms with Gasteiger partial charge < -0.3 is 14.8 Å². The maximum atomic E-state index is 13.8. The van der Waals surface area contributed by atoms with Crippen LogP contribution in [0.5, 0.6) is 5.75 Å². The van der Waals surface area contributed by atoms with Crippen molar-refractivity contribution in [1.82, 2.24) is 5.32 Å². The number of dihydropyridines is 1. The number of hydrogen-bond acceptors (Lipinski definition) is 6. The third-order valence-corrected chi connectivity index (χ3v) is 7.50. The van der Waals surface area contributed by atoms with Gasteiger partial charge in [-0.1, -0.05) is 29.8 Å². The van der Waals surface area contributed by atoms with Crippen molar-refractivity contribution in [2.24, 2.45) is 0 Å². The number of carbonyl (C=O) groups excluding carboxylic acids is 1. The van der Waals surface area contributed by atoms with E-state index in [0.717, 1.165) is 0 Å². The summed E-state index contributed by atoms with van der Waals surface area (Å²) in [6.07, 6.45) is -0.372. The Morgan fingerprint density at radius 3 is 2.22 bits per heavy atom. The zero-order valence-corrected chi connectivity index (χ0v) is 20.2. The maximum absolute atomic E-state index is 13.8. The van der Waals surface area contributed by atoms with Crippen LogP contribution in [0.15, 0.2) is 75.3 Å². The van der Waals surface area contributed by atoms with Crippen LogP contribution in [0.1, 0.15) is 39.2 Å². The molecule has 0 saturated carbocycles. The Bertz CT molecular complexity index is 1200. The summed E-state index contributed by atoms with van der Waals surface area (Å²) in [6.45, 7) is 6.88. The molecule has 0 aromatic heterocycles. The first-order chi connectivity index (χ1) is 15.1. The van der Waals surface area contributed by atoms with E-state index in [1.54, 1.807) is 64.1 Å². The zero-order chi connectivity index (χ0) is 23.6. The van der Waals surface area contributed by atoms with Gasteiger partial charge in [0.25, 0.3) is 0 Å². The van der Waals surface area contributed by atoms with Gasteiger partial charge in [-0.3, -0.25) is 0 Å². The second-order valence-electron chi connectivity index (χ2n) is 7.74. The minimum absolute atomic E-state index is 0.0528. The lowest BCUT2D eigenvalue weighted by atomic mass is 9.86. The van der Waals surface area contributed by atoms with E-state index >= 15 is 0 Å². The molecule has 3 rings (SSSR count). The molecule has 0 aliphatic carbocycles. The average molecular weight is 476 g/mol. The molecule has 2 aromatic rings. The highest BCUT2D eigenvalue weighted by Gasteiger charge is 2.41. The van der Waals surface area contributed by atoms with Gasteiger partial charge >= 0.3 is 5.97 Å². The minimum Gasteiger partial charge on any atom is -0.497 e. The summed E-state index contributed by atoms with van der Waals surface area (Å²) >= 11 is 6.50. The highest BCUT2D eigenvalue weighted by atomic mass is 35.5. The van der Waals surface area contributed by atoms with Crippen molar-refractivity contribution in [3.8, 4) is 5.75 Å². The second kappa shape index (κ2) is 9.38. The van der Waals surface area contributed by atoms with Crippen molar-refractivity contribution < 1.29 is 22.7 Å². The molecule has 0 saturated heterocycles. The Morgan fingerprint density at radius 2 is 1.66 bits per heavy atom. The number of benzene rings is 2. The van der Waals surface area contributed by atoms with E-state index < -0.39 is 21.7 Å². The van der Waals surface area contributed by atoms with Gasteiger partial charge in [-0.2, -0.15) is 0 Å². The van der Waals surface area contributed by atoms with Gasteiger partial charge in [0.2, 0.25) is 9.84 Å². The first-order valence-corrected chi connectivity index (χ1v) is 12.0. The number of methoxy groups -OCH3 is 1. The largest absolute Gasteiger partial charge is 0.497 e. The molecule has 2 aromatic carbocycles. The molecule has 1 aliphatic rings. The fraction of sp³-hybridized carbons (Fsp3) is 0.292. The number of halogens is 1. The normalized spacial score (nSPS) is 16.8. The molecule has 0 bridgehead atoms. The number of allylic oxidation sites excluding steroid dienone is 3. The summed E-state index contributed by atoms with van der Waals surface area (Å²) in [7, 11) is -2.50. The summed E-state index contributed by atoms with van der Waals surface area (Å²) in [5.74, 6) is -0.982. The van der Waals surface area contributed by atoms with Crippen LogP contribution in [0.4, 0.5) is 0 Å². The van der Waals surface area contributed by atoms with E-state index in [4.69, 9.17) is 21.1 Å². The topological polar surface area (TPSA) is 81.7 Å². The average Bonchev–Trinajstić information content (AvgIpc) is 2.72. The third kappa shape index (κ3) is 4.54. The fourth-order valence-electron chi connectivity index (χ4n) is 3.77. The smallest absolute Gasteiger partial charge is 0.337 e. The Morgan fingerprint density at radius 1 is 1.03 bits per heavy atom. The molecule has 1 atom stereocenters. The molecule has 6 nitrogen and oxygen atoms in total. The summed E-state index contributed by atoms with van der Waals surface area (Å²) in [5, 5.41) is 3.42. The van der Waals surface area contributed by atoms with Crippen molar-refractivity contribution in [1.29, 1.82) is 0 Å². The monoisotopic (exact) mass is 475 g/mol. The van der Waals surface area contributed by atoms with Crippen molar-refractivity contribution in [3.05, 3.63) is 81.0 Å². The minimum atomic E-state index is -4.01. The number of ether oxygens (including phenoxy) is 2. The highest BCUT2D eigenvalue weighted by Crippen LogP contribution is 2.45. The van der Waals surface area contributed by atoms with E-state index in [-0.39, 0.29) is 21.5 Å². The molecule has 1 unspecified atom stereocenters. The Balaban J connectivity index is 2.26. The van der Waals surface area contributed by atoms with Gasteiger partial charge in [-0.05, 0) is 63.6 Å². The van der Waals surface area contributed by atoms with Crippen molar-refractivity contribution in [2.75, 3.05) is 7.11 Å². The third-order valence-electron chi connectivity index (χ3n) is 5.14.